The molecule has 0 amide bonds. The van der Waals surface area contributed by atoms with E-state index in [4.69, 9.17) is 4.74 Å². The van der Waals surface area contributed by atoms with E-state index in [2.05, 4.69) is 9.97 Å². The molecule has 11 heavy (non-hydrogen) atoms. The van der Waals surface area contributed by atoms with E-state index >= 15 is 0 Å². The number of hydrogen-bond donors (Lipinski definition) is 1. The van der Waals surface area contributed by atoms with E-state index in [1.807, 2.05) is 6.92 Å². The first-order valence-corrected chi connectivity index (χ1v) is 3.40. The SMILES string of the molecule is CCc1nc[nH]c(=O)c1OC. The van der Waals surface area contributed by atoms with Gasteiger partial charge in [0.15, 0.2) is 0 Å². The molecule has 0 bridgehead atoms. The largest absolute Gasteiger partial charge is 0.490 e. The quantitative estimate of drug-likeness (QED) is 0.668. The van der Waals surface area contributed by atoms with Gasteiger partial charge in [0.1, 0.15) is 0 Å². The summed E-state index contributed by atoms with van der Waals surface area (Å²) in [7, 11) is 1.46. The van der Waals surface area contributed by atoms with Crippen LogP contribution in [0.1, 0.15) is 12.6 Å². The van der Waals surface area contributed by atoms with Crippen LogP contribution in [0.25, 0.3) is 0 Å². The second-order valence-corrected chi connectivity index (χ2v) is 2.07. The van der Waals surface area contributed by atoms with Crippen molar-refractivity contribution in [1.29, 1.82) is 0 Å². The second kappa shape index (κ2) is 3.18. The minimum atomic E-state index is -0.223. The first kappa shape index (κ1) is 7.78. The Morgan fingerprint density at radius 3 is 2.91 bits per heavy atom. The molecule has 0 saturated heterocycles. The van der Waals surface area contributed by atoms with Crippen LogP contribution in [0.4, 0.5) is 0 Å². The van der Waals surface area contributed by atoms with Crippen molar-refractivity contribution in [3.63, 3.8) is 0 Å². The normalized spacial score (nSPS) is 9.64. The highest BCUT2D eigenvalue weighted by Gasteiger charge is 2.04. The second-order valence-electron chi connectivity index (χ2n) is 2.07. The number of methoxy groups -OCH3 is 1. The Labute approximate surface area is 64.2 Å². The Morgan fingerprint density at radius 2 is 2.45 bits per heavy atom. The monoisotopic (exact) mass is 154 g/mol. The molecule has 0 spiro atoms. The summed E-state index contributed by atoms with van der Waals surface area (Å²) in [6.45, 7) is 1.92. The van der Waals surface area contributed by atoms with E-state index in [0.29, 0.717) is 17.9 Å². The molecule has 60 valence electrons. The lowest BCUT2D eigenvalue weighted by atomic mass is 10.3. The van der Waals surface area contributed by atoms with Crippen molar-refractivity contribution in [3.8, 4) is 5.75 Å². The zero-order chi connectivity index (χ0) is 8.27. The highest BCUT2D eigenvalue weighted by Crippen LogP contribution is 2.07. The van der Waals surface area contributed by atoms with Gasteiger partial charge in [-0.05, 0) is 6.42 Å². The summed E-state index contributed by atoms with van der Waals surface area (Å²) in [6.07, 6.45) is 2.08. The van der Waals surface area contributed by atoms with E-state index in [1.165, 1.54) is 13.4 Å². The highest BCUT2D eigenvalue weighted by molar-refractivity contribution is 5.22. The molecule has 0 aliphatic rings. The van der Waals surface area contributed by atoms with Crippen LogP contribution in [-0.2, 0) is 6.42 Å². The molecule has 0 aromatic carbocycles. The molecule has 0 atom stereocenters. The van der Waals surface area contributed by atoms with Crippen LogP contribution in [0, 0.1) is 0 Å². The first-order chi connectivity index (χ1) is 5.29. The van der Waals surface area contributed by atoms with Crippen LogP contribution >= 0.6 is 0 Å². The van der Waals surface area contributed by atoms with Gasteiger partial charge in [0.2, 0.25) is 5.75 Å². The third kappa shape index (κ3) is 1.39. The minimum absolute atomic E-state index is 0.223. The van der Waals surface area contributed by atoms with Gasteiger partial charge < -0.3 is 9.72 Å². The Kier molecular flexibility index (Phi) is 2.25. The number of rotatable bonds is 2. The van der Waals surface area contributed by atoms with Gasteiger partial charge in [-0.1, -0.05) is 6.92 Å². The summed E-state index contributed by atoms with van der Waals surface area (Å²) in [5.74, 6) is 0.315. The molecule has 0 radical (unpaired) electrons. The summed E-state index contributed by atoms with van der Waals surface area (Å²) in [6, 6.07) is 0. The van der Waals surface area contributed by atoms with Crippen molar-refractivity contribution >= 4 is 0 Å². The van der Waals surface area contributed by atoms with Crippen molar-refractivity contribution in [1.82, 2.24) is 9.97 Å². The molecule has 4 heteroatoms. The number of H-pyrrole nitrogens is 1. The van der Waals surface area contributed by atoms with Crippen molar-refractivity contribution < 1.29 is 4.74 Å². The van der Waals surface area contributed by atoms with E-state index in [0.717, 1.165) is 0 Å². The predicted octanol–water partition coefficient (Wildman–Crippen LogP) is 0.341. The Morgan fingerprint density at radius 1 is 1.73 bits per heavy atom. The van der Waals surface area contributed by atoms with Gasteiger partial charge >= 0.3 is 0 Å². The number of aryl methyl sites for hydroxylation is 1. The molecule has 1 rings (SSSR count). The maximum absolute atomic E-state index is 11.0. The maximum atomic E-state index is 11.0. The maximum Gasteiger partial charge on any atom is 0.293 e. The van der Waals surface area contributed by atoms with Crippen molar-refractivity contribution in [2.24, 2.45) is 0 Å². The van der Waals surface area contributed by atoms with Crippen LogP contribution in [0.2, 0.25) is 0 Å². The minimum Gasteiger partial charge on any atom is -0.490 e. The lowest BCUT2D eigenvalue weighted by molar-refractivity contribution is 0.400. The van der Waals surface area contributed by atoms with E-state index in [-0.39, 0.29) is 5.56 Å². The predicted molar refractivity (Wildman–Crippen MR) is 40.8 cm³/mol. The first-order valence-electron chi connectivity index (χ1n) is 3.40. The third-order valence-electron chi connectivity index (χ3n) is 1.42. The number of nitrogens with zero attached hydrogens (tertiary/aromatic N) is 1. The molecule has 1 aromatic heterocycles. The summed E-state index contributed by atoms with van der Waals surface area (Å²) in [5.41, 5.74) is 0.468. The summed E-state index contributed by atoms with van der Waals surface area (Å²) >= 11 is 0. The van der Waals surface area contributed by atoms with Crippen LogP contribution in [0.5, 0.6) is 5.75 Å². The zero-order valence-electron chi connectivity index (χ0n) is 6.55. The lowest BCUT2D eigenvalue weighted by Crippen LogP contribution is -2.12. The third-order valence-corrected chi connectivity index (χ3v) is 1.42. The Bertz CT molecular complexity index is 293. The molecule has 0 fully saturated rings. The van der Waals surface area contributed by atoms with Crippen LogP contribution in [0.15, 0.2) is 11.1 Å². The topological polar surface area (TPSA) is 55.0 Å². The van der Waals surface area contributed by atoms with Gasteiger partial charge in [0, 0.05) is 0 Å². The lowest BCUT2D eigenvalue weighted by Gasteiger charge is -2.01. The molecule has 1 aromatic rings. The van der Waals surface area contributed by atoms with Crippen molar-refractivity contribution in [3.05, 3.63) is 22.4 Å². The fraction of sp³-hybridized carbons (Fsp3) is 0.429. The van der Waals surface area contributed by atoms with Crippen molar-refractivity contribution in [2.75, 3.05) is 7.11 Å². The van der Waals surface area contributed by atoms with Crippen LogP contribution < -0.4 is 10.3 Å². The zero-order valence-corrected chi connectivity index (χ0v) is 6.55. The molecule has 0 unspecified atom stereocenters. The molecule has 4 nitrogen and oxygen atoms in total. The van der Waals surface area contributed by atoms with E-state index in [9.17, 15) is 4.79 Å². The molecule has 1 N–H and O–H groups in total. The summed E-state index contributed by atoms with van der Waals surface area (Å²) in [5, 5.41) is 0. The smallest absolute Gasteiger partial charge is 0.293 e. The van der Waals surface area contributed by atoms with Gasteiger partial charge in [0.25, 0.3) is 5.56 Å². The summed E-state index contributed by atoms with van der Waals surface area (Å²) < 4.78 is 4.86. The van der Waals surface area contributed by atoms with E-state index < -0.39 is 0 Å². The number of nitrogens with one attached hydrogen (secondary N) is 1. The Hall–Kier alpha value is -1.32. The van der Waals surface area contributed by atoms with E-state index in [1.54, 1.807) is 0 Å². The molecule has 1 heterocycles. The Balaban J connectivity index is 3.24. The number of aromatic amines is 1. The molecule has 0 saturated carbocycles. The fourth-order valence-corrected chi connectivity index (χ4v) is 0.886. The standard InChI is InChI=1S/C7H10N2O2/c1-3-5-6(11-2)7(10)9-4-8-5/h4H,3H2,1-2H3,(H,8,9,10). The van der Waals surface area contributed by atoms with Gasteiger partial charge in [-0.15, -0.1) is 0 Å². The van der Waals surface area contributed by atoms with Crippen molar-refractivity contribution in [2.45, 2.75) is 13.3 Å². The van der Waals surface area contributed by atoms with Crippen LogP contribution in [0.3, 0.4) is 0 Å². The number of hydrogen-bond acceptors (Lipinski definition) is 3. The number of aromatic nitrogens is 2. The molecule has 0 aliphatic carbocycles. The van der Waals surface area contributed by atoms with Gasteiger partial charge in [-0.2, -0.15) is 0 Å². The highest BCUT2D eigenvalue weighted by atomic mass is 16.5. The number of ether oxygens (including phenoxy) is 1. The summed E-state index contributed by atoms with van der Waals surface area (Å²) in [4.78, 5) is 17.4. The molecule has 0 aliphatic heterocycles. The van der Waals surface area contributed by atoms with Gasteiger partial charge in [0.05, 0.1) is 19.1 Å². The molecular formula is C7H10N2O2. The fourth-order valence-electron chi connectivity index (χ4n) is 0.886. The van der Waals surface area contributed by atoms with Crippen LogP contribution in [-0.4, -0.2) is 17.1 Å². The van der Waals surface area contributed by atoms with Gasteiger partial charge in [-0.25, -0.2) is 4.98 Å². The van der Waals surface area contributed by atoms with Gasteiger partial charge in [-0.3, -0.25) is 4.79 Å². The average molecular weight is 154 g/mol. The average Bonchev–Trinajstić information content (AvgIpc) is 2.04. The molecular weight excluding hydrogens is 144 g/mol.